The fraction of sp³-hybridized carbons (Fsp3) is 0.125. The molecule has 1 heterocycles. The topological polar surface area (TPSA) is 54.9 Å². The van der Waals surface area contributed by atoms with Gasteiger partial charge >= 0.3 is 5.69 Å². The molecule has 0 saturated heterocycles. The largest absolute Gasteiger partial charge is 0.329 e. The van der Waals surface area contributed by atoms with Gasteiger partial charge in [0.1, 0.15) is 0 Å². The first-order chi connectivity index (χ1) is 9.66. The van der Waals surface area contributed by atoms with Crippen LogP contribution in [0.2, 0.25) is 0 Å². The standard InChI is InChI=1S/C16H14N2O2/c1-11-6-5-9-13-14(11)17-16(20)18(15(13)19)10-12-7-3-2-4-8-12/h2-9H,10H2,1H3,(H,17,20). The summed E-state index contributed by atoms with van der Waals surface area (Å²) >= 11 is 0. The molecule has 0 aliphatic rings. The molecule has 0 spiro atoms. The SMILES string of the molecule is Cc1cccc2c(=O)n(Cc3ccccc3)c(=O)[nH]c12. The van der Waals surface area contributed by atoms with Crippen LogP contribution < -0.4 is 11.2 Å². The van der Waals surface area contributed by atoms with Gasteiger partial charge in [-0.15, -0.1) is 0 Å². The van der Waals surface area contributed by atoms with Crippen LogP contribution in [0.15, 0.2) is 58.1 Å². The minimum Gasteiger partial charge on any atom is -0.306 e. The molecule has 0 unspecified atom stereocenters. The molecule has 20 heavy (non-hydrogen) atoms. The number of aromatic nitrogens is 2. The van der Waals surface area contributed by atoms with Crippen molar-refractivity contribution < 1.29 is 0 Å². The van der Waals surface area contributed by atoms with Gasteiger partial charge in [0.15, 0.2) is 0 Å². The molecule has 0 radical (unpaired) electrons. The van der Waals surface area contributed by atoms with Gasteiger partial charge in [-0.05, 0) is 24.1 Å². The summed E-state index contributed by atoms with van der Waals surface area (Å²) in [7, 11) is 0. The molecular weight excluding hydrogens is 252 g/mol. The number of para-hydroxylation sites is 1. The molecule has 4 heteroatoms. The van der Waals surface area contributed by atoms with Crippen LogP contribution in [0.1, 0.15) is 11.1 Å². The van der Waals surface area contributed by atoms with Crippen molar-refractivity contribution in [2.75, 3.05) is 0 Å². The zero-order valence-electron chi connectivity index (χ0n) is 11.1. The Bertz CT molecular complexity index is 876. The average molecular weight is 266 g/mol. The van der Waals surface area contributed by atoms with E-state index in [1.54, 1.807) is 6.07 Å². The van der Waals surface area contributed by atoms with E-state index in [9.17, 15) is 9.59 Å². The first-order valence-electron chi connectivity index (χ1n) is 6.43. The van der Waals surface area contributed by atoms with Gasteiger partial charge in [-0.2, -0.15) is 0 Å². The van der Waals surface area contributed by atoms with Crippen LogP contribution in [-0.4, -0.2) is 9.55 Å². The van der Waals surface area contributed by atoms with Gasteiger partial charge in [0, 0.05) is 0 Å². The van der Waals surface area contributed by atoms with E-state index in [0.717, 1.165) is 11.1 Å². The van der Waals surface area contributed by atoms with E-state index in [1.807, 2.05) is 49.4 Å². The van der Waals surface area contributed by atoms with Crippen LogP contribution >= 0.6 is 0 Å². The number of aryl methyl sites for hydroxylation is 1. The van der Waals surface area contributed by atoms with Gasteiger partial charge in [0.05, 0.1) is 17.4 Å². The predicted octanol–water partition coefficient (Wildman–Crippen LogP) is 2.05. The van der Waals surface area contributed by atoms with Gasteiger partial charge in [-0.3, -0.25) is 9.36 Å². The molecule has 1 N–H and O–H groups in total. The van der Waals surface area contributed by atoms with Crippen molar-refractivity contribution in [1.29, 1.82) is 0 Å². The lowest BCUT2D eigenvalue weighted by atomic mass is 10.1. The monoisotopic (exact) mass is 266 g/mol. The van der Waals surface area contributed by atoms with Crippen molar-refractivity contribution in [3.8, 4) is 0 Å². The highest BCUT2D eigenvalue weighted by Gasteiger charge is 2.09. The Labute approximate surface area is 115 Å². The lowest BCUT2D eigenvalue weighted by molar-refractivity contribution is 0.711. The maximum atomic E-state index is 12.4. The van der Waals surface area contributed by atoms with Crippen LogP contribution in [0, 0.1) is 6.92 Å². The maximum absolute atomic E-state index is 12.4. The second-order valence-corrected chi connectivity index (χ2v) is 4.80. The molecule has 3 aromatic rings. The predicted molar refractivity (Wildman–Crippen MR) is 79.1 cm³/mol. The Morgan fingerprint density at radius 3 is 2.50 bits per heavy atom. The zero-order chi connectivity index (χ0) is 14.1. The fourth-order valence-electron chi connectivity index (χ4n) is 2.33. The van der Waals surface area contributed by atoms with E-state index in [0.29, 0.717) is 10.9 Å². The van der Waals surface area contributed by atoms with Crippen LogP contribution in [0.25, 0.3) is 10.9 Å². The van der Waals surface area contributed by atoms with Crippen molar-refractivity contribution in [3.63, 3.8) is 0 Å². The van der Waals surface area contributed by atoms with E-state index in [1.165, 1.54) is 4.57 Å². The molecule has 0 fully saturated rings. The second kappa shape index (κ2) is 4.81. The van der Waals surface area contributed by atoms with Crippen molar-refractivity contribution in [1.82, 2.24) is 9.55 Å². The summed E-state index contributed by atoms with van der Waals surface area (Å²) in [6.07, 6.45) is 0. The summed E-state index contributed by atoms with van der Waals surface area (Å²) in [4.78, 5) is 27.4. The molecule has 0 aliphatic carbocycles. The third-order valence-electron chi connectivity index (χ3n) is 3.41. The van der Waals surface area contributed by atoms with Crippen molar-refractivity contribution in [2.45, 2.75) is 13.5 Å². The zero-order valence-corrected chi connectivity index (χ0v) is 11.1. The second-order valence-electron chi connectivity index (χ2n) is 4.80. The van der Waals surface area contributed by atoms with Crippen LogP contribution in [0.4, 0.5) is 0 Å². The minimum atomic E-state index is -0.374. The van der Waals surface area contributed by atoms with E-state index in [2.05, 4.69) is 4.98 Å². The number of nitrogens with zero attached hydrogens (tertiary/aromatic N) is 1. The summed E-state index contributed by atoms with van der Waals surface area (Å²) in [6.45, 7) is 2.15. The van der Waals surface area contributed by atoms with Gasteiger partial charge < -0.3 is 4.98 Å². The molecule has 0 bridgehead atoms. The number of fused-ring (bicyclic) bond motifs is 1. The molecule has 2 aromatic carbocycles. The first kappa shape index (κ1) is 12.4. The van der Waals surface area contributed by atoms with Gasteiger partial charge in [-0.25, -0.2) is 4.79 Å². The highest BCUT2D eigenvalue weighted by atomic mass is 16.2. The minimum absolute atomic E-state index is 0.253. The van der Waals surface area contributed by atoms with Crippen LogP contribution in [-0.2, 0) is 6.54 Å². The maximum Gasteiger partial charge on any atom is 0.329 e. The van der Waals surface area contributed by atoms with Gasteiger partial charge in [-0.1, -0.05) is 42.5 Å². The van der Waals surface area contributed by atoms with E-state index in [-0.39, 0.29) is 17.8 Å². The molecule has 0 saturated carbocycles. The molecular formula is C16H14N2O2. The Hall–Kier alpha value is -2.62. The summed E-state index contributed by atoms with van der Waals surface area (Å²) in [5.41, 5.74) is 1.81. The number of nitrogens with one attached hydrogen (secondary N) is 1. The Morgan fingerprint density at radius 1 is 1.00 bits per heavy atom. The number of H-pyrrole nitrogens is 1. The van der Waals surface area contributed by atoms with E-state index >= 15 is 0 Å². The van der Waals surface area contributed by atoms with Gasteiger partial charge in [0.25, 0.3) is 5.56 Å². The summed E-state index contributed by atoms with van der Waals surface area (Å²) in [6, 6.07) is 14.9. The lowest BCUT2D eigenvalue weighted by Crippen LogP contribution is -2.35. The number of benzene rings is 2. The summed E-state index contributed by atoms with van der Waals surface area (Å²) in [5.74, 6) is 0. The molecule has 4 nitrogen and oxygen atoms in total. The third-order valence-corrected chi connectivity index (χ3v) is 3.41. The van der Waals surface area contributed by atoms with Crippen molar-refractivity contribution in [2.24, 2.45) is 0 Å². The first-order valence-corrected chi connectivity index (χ1v) is 6.43. The van der Waals surface area contributed by atoms with Crippen molar-refractivity contribution in [3.05, 3.63) is 80.5 Å². The average Bonchev–Trinajstić information content (AvgIpc) is 2.46. The molecule has 100 valence electrons. The van der Waals surface area contributed by atoms with Crippen molar-refractivity contribution >= 4 is 10.9 Å². The highest BCUT2D eigenvalue weighted by Crippen LogP contribution is 2.10. The number of hydrogen-bond acceptors (Lipinski definition) is 2. The van der Waals surface area contributed by atoms with Crippen LogP contribution in [0.3, 0.4) is 0 Å². The van der Waals surface area contributed by atoms with E-state index < -0.39 is 0 Å². The Balaban J connectivity index is 2.22. The van der Waals surface area contributed by atoms with Crippen LogP contribution in [0.5, 0.6) is 0 Å². The molecule has 0 atom stereocenters. The summed E-state index contributed by atoms with van der Waals surface area (Å²) in [5, 5.41) is 0.542. The van der Waals surface area contributed by atoms with Gasteiger partial charge in [0.2, 0.25) is 0 Å². The molecule has 3 rings (SSSR count). The Kier molecular flexibility index (Phi) is 2.99. The third kappa shape index (κ3) is 2.05. The number of hydrogen-bond donors (Lipinski definition) is 1. The highest BCUT2D eigenvalue weighted by molar-refractivity contribution is 5.80. The Morgan fingerprint density at radius 2 is 1.75 bits per heavy atom. The quantitative estimate of drug-likeness (QED) is 0.771. The smallest absolute Gasteiger partial charge is 0.306 e. The number of rotatable bonds is 2. The molecule has 0 aliphatic heterocycles. The number of aromatic amines is 1. The normalized spacial score (nSPS) is 10.8. The molecule has 0 amide bonds. The fourth-order valence-corrected chi connectivity index (χ4v) is 2.33. The van der Waals surface area contributed by atoms with E-state index in [4.69, 9.17) is 0 Å². The lowest BCUT2D eigenvalue weighted by Gasteiger charge is -2.07. The summed E-state index contributed by atoms with van der Waals surface area (Å²) < 4.78 is 1.23. The molecule has 1 aromatic heterocycles.